The monoisotopic (exact) mass is 295 g/mol. The standard InChI is InChI=1S/C12H13Cl2F2NO/c1-12(2,3-4-13)17-11(18)7-5-10(16)8(14)6-9(7)15/h5-6H,3-4H2,1-2H3,(H,17,18). The number of alkyl halides is 1. The van der Waals surface area contributed by atoms with E-state index in [-0.39, 0.29) is 10.6 Å². The van der Waals surface area contributed by atoms with Crippen LogP contribution in [0.2, 0.25) is 5.02 Å². The van der Waals surface area contributed by atoms with Crippen LogP contribution in [0.3, 0.4) is 0 Å². The van der Waals surface area contributed by atoms with Gasteiger partial charge in [0.15, 0.2) is 0 Å². The minimum atomic E-state index is -0.861. The molecule has 0 radical (unpaired) electrons. The number of nitrogens with one attached hydrogen (secondary N) is 1. The second-order valence-corrected chi connectivity index (χ2v) is 5.31. The Bertz CT molecular complexity index is 464. The van der Waals surface area contributed by atoms with Crippen LogP contribution in [0.5, 0.6) is 0 Å². The van der Waals surface area contributed by atoms with E-state index in [0.29, 0.717) is 12.3 Å². The second kappa shape index (κ2) is 5.85. The lowest BCUT2D eigenvalue weighted by Crippen LogP contribution is -2.44. The minimum absolute atomic E-state index is 0.352. The van der Waals surface area contributed by atoms with Crippen molar-refractivity contribution in [2.45, 2.75) is 25.8 Å². The van der Waals surface area contributed by atoms with Crippen molar-refractivity contribution in [3.8, 4) is 0 Å². The van der Waals surface area contributed by atoms with Crippen LogP contribution in [0, 0.1) is 11.6 Å². The predicted molar refractivity (Wildman–Crippen MR) is 68.3 cm³/mol. The molecule has 1 N–H and O–H groups in total. The van der Waals surface area contributed by atoms with Gasteiger partial charge in [-0.25, -0.2) is 8.78 Å². The topological polar surface area (TPSA) is 29.1 Å². The van der Waals surface area contributed by atoms with Gasteiger partial charge in [-0.3, -0.25) is 4.79 Å². The largest absolute Gasteiger partial charge is 0.347 e. The molecule has 0 aliphatic rings. The molecule has 2 nitrogen and oxygen atoms in total. The van der Waals surface area contributed by atoms with Crippen molar-refractivity contribution in [1.29, 1.82) is 0 Å². The van der Waals surface area contributed by atoms with Gasteiger partial charge in [0, 0.05) is 11.4 Å². The van der Waals surface area contributed by atoms with Crippen molar-refractivity contribution >= 4 is 29.1 Å². The van der Waals surface area contributed by atoms with Crippen molar-refractivity contribution in [1.82, 2.24) is 5.32 Å². The Morgan fingerprint density at radius 2 is 1.94 bits per heavy atom. The van der Waals surface area contributed by atoms with Crippen molar-refractivity contribution in [3.63, 3.8) is 0 Å². The summed E-state index contributed by atoms with van der Waals surface area (Å²) in [6.45, 7) is 3.49. The second-order valence-electron chi connectivity index (χ2n) is 4.52. The Hall–Kier alpha value is -0.870. The number of carbonyl (C=O) groups is 1. The number of rotatable bonds is 4. The lowest BCUT2D eigenvalue weighted by molar-refractivity contribution is 0.0907. The summed E-state index contributed by atoms with van der Waals surface area (Å²) in [5.74, 6) is -2.04. The molecule has 0 aliphatic carbocycles. The van der Waals surface area contributed by atoms with Gasteiger partial charge in [-0.1, -0.05) is 11.6 Å². The van der Waals surface area contributed by atoms with E-state index in [0.717, 1.165) is 12.1 Å². The molecule has 0 atom stereocenters. The van der Waals surface area contributed by atoms with Crippen molar-refractivity contribution in [2.24, 2.45) is 0 Å². The highest BCUT2D eigenvalue weighted by atomic mass is 35.5. The van der Waals surface area contributed by atoms with Gasteiger partial charge in [0.1, 0.15) is 11.6 Å². The van der Waals surface area contributed by atoms with Crippen LogP contribution in [0.1, 0.15) is 30.6 Å². The Morgan fingerprint density at radius 1 is 1.33 bits per heavy atom. The van der Waals surface area contributed by atoms with E-state index in [1.807, 2.05) is 0 Å². The summed E-state index contributed by atoms with van der Waals surface area (Å²) in [5.41, 5.74) is -0.971. The van der Waals surface area contributed by atoms with Gasteiger partial charge in [-0.2, -0.15) is 0 Å². The third-order valence-electron chi connectivity index (χ3n) is 2.43. The highest BCUT2D eigenvalue weighted by molar-refractivity contribution is 6.30. The molecule has 100 valence electrons. The molecule has 0 unspecified atom stereocenters. The van der Waals surface area contributed by atoms with E-state index in [1.54, 1.807) is 13.8 Å². The highest BCUT2D eigenvalue weighted by Gasteiger charge is 2.23. The molecule has 0 saturated heterocycles. The Labute approximate surface area is 114 Å². The molecule has 0 aromatic heterocycles. The number of hydrogen-bond donors (Lipinski definition) is 1. The quantitative estimate of drug-likeness (QED) is 0.665. The van der Waals surface area contributed by atoms with Gasteiger partial charge in [-0.15, -0.1) is 11.6 Å². The molecule has 0 bridgehead atoms. The first-order valence-corrected chi connectivity index (χ1v) is 6.21. The minimum Gasteiger partial charge on any atom is -0.347 e. The average molecular weight is 296 g/mol. The van der Waals surface area contributed by atoms with E-state index in [1.165, 1.54) is 0 Å². The number of hydrogen-bond acceptors (Lipinski definition) is 1. The summed E-state index contributed by atoms with van der Waals surface area (Å²) in [7, 11) is 0. The van der Waals surface area contributed by atoms with Crippen molar-refractivity contribution < 1.29 is 13.6 Å². The molecule has 0 spiro atoms. The van der Waals surface area contributed by atoms with Crippen LogP contribution in [0.4, 0.5) is 8.78 Å². The predicted octanol–water partition coefficient (Wildman–Crippen LogP) is 3.76. The molecule has 18 heavy (non-hydrogen) atoms. The molecule has 1 aromatic carbocycles. The molecule has 6 heteroatoms. The lowest BCUT2D eigenvalue weighted by Gasteiger charge is -2.25. The molecule has 0 fully saturated rings. The van der Waals surface area contributed by atoms with E-state index in [9.17, 15) is 13.6 Å². The van der Waals surface area contributed by atoms with Crippen molar-refractivity contribution in [2.75, 3.05) is 5.88 Å². The van der Waals surface area contributed by atoms with E-state index >= 15 is 0 Å². The summed E-state index contributed by atoms with van der Waals surface area (Å²) in [6.07, 6.45) is 0.512. The normalized spacial score (nSPS) is 11.4. The van der Waals surface area contributed by atoms with Crippen LogP contribution < -0.4 is 5.32 Å². The Balaban J connectivity index is 2.95. The van der Waals surface area contributed by atoms with E-state index in [4.69, 9.17) is 23.2 Å². The number of carbonyl (C=O) groups excluding carboxylic acids is 1. The SMILES string of the molecule is CC(C)(CCCl)NC(=O)c1cc(F)c(Cl)cc1F. The van der Waals surface area contributed by atoms with Gasteiger partial charge in [0.05, 0.1) is 10.6 Å². The maximum atomic E-state index is 13.5. The van der Waals surface area contributed by atoms with Gasteiger partial charge >= 0.3 is 0 Å². The molecular formula is C12H13Cl2F2NO. The van der Waals surface area contributed by atoms with Gasteiger partial charge < -0.3 is 5.32 Å². The Morgan fingerprint density at radius 3 is 2.50 bits per heavy atom. The van der Waals surface area contributed by atoms with Gasteiger partial charge in [0.2, 0.25) is 0 Å². The molecule has 0 heterocycles. The van der Waals surface area contributed by atoms with Gasteiger partial charge in [-0.05, 0) is 32.4 Å². The maximum absolute atomic E-state index is 13.5. The first-order chi connectivity index (χ1) is 8.26. The van der Waals surface area contributed by atoms with E-state index < -0.39 is 23.1 Å². The third kappa shape index (κ3) is 3.82. The number of benzene rings is 1. The summed E-state index contributed by atoms with van der Waals surface area (Å²) in [6, 6.07) is 1.56. The highest BCUT2D eigenvalue weighted by Crippen LogP contribution is 2.20. The zero-order chi connectivity index (χ0) is 13.9. The fourth-order valence-electron chi connectivity index (χ4n) is 1.37. The smallest absolute Gasteiger partial charge is 0.254 e. The third-order valence-corrected chi connectivity index (χ3v) is 2.90. The fourth-order valence-corrected chi connectivity index (χ4v) is 1.99. The molecule has 1 rings (SSSR count). The zero-order valence-electron chi connectivity index (χ0n) is 9.99. The number of amides is 1. The van der Waals surface area contributed by atoms with Crippen LogP contribution in [-0.4, -0.2) is 17.3 Å². The van der Waals surface area contributed by atoms with Gasteiger partial charge in [0.25, 0.3) is 5.91 Å². The van der Waals surface area contributed by atoms with Crippen LogP contribution in [0.15, 0.2) is 12.1 Å². The van der Waals surface area contributed by atoms with Crippen LogP contribution in [0.25, 0.3) is 0 Å². The summed E-state index contributed by atoms with van der Waals surface area (Å²) in [4.78, 5) is 11.8. The van der Waals surface area contributed by atoms with Crippen LogP contribution >= 0.6 is 23.2 Å². The summed E-state index contributed by atoms with van der Waals surface area (Å²) < 4.78 is 26.7. The first-order valence-electron chi connectivity index (χ1n) is 5.30. The van der Waals surface area contributed by atoms with Crippen LogP contribution in [-0.2, 0) is 0 Å². The fraction of sp³-hybridized carbons (Fsp3) is 0.417. The lowest BCUT2D eigenvalue weighted by atomic mass is 10.0. The molecule has 0 aliphatic heterocycles. The molecule has 1 aromatic rings. The molecule has 0 saturated carbocycles. The van der Waals surface area contributed by atoms with Crippen molar-refractivity contribution in [3.05, 3.63) is 34.4 Å². The molecule has 1 amide bonds. The van der Waals surface area contributed by atoms with E-state index in [2.05, 4.69) is 5.32 Å². The molecular weight excluding hydrogens is 283 g/mol. The number of halogens is 4. The maximum Gasteiger partial charge on any atom is 0.254 e. The summed E-state index contributed by atoms with van der Waals surface area (Å²) >= 11 is 11.0. The average Bonchev–Trinajstić information content (AvgIpc) is 2.22. The first kappa shape index (κ1) is 15.2. The zero-order valence-corrected chi connectivity index (χ0v) is 11.5. The summed E-state index contributed by atoms with van der Waals surface area (Å²) in [5, 5.41) is 2.23. The Kier molecular flexibility index (Phi) is 4.93.